The Kier molecular flexibility index (Phi) is 3.34. The van der Waals surface area contributed by atoms with Crippen LogP contribution >= 0.6 is 0 Å². The van der Waals surface area contributed by atoms with Crippen LogP contribution in [0.15, 0.2) is 36.5 Å². The smallest absolute Gasteiger partial charge is 0.320 e. The molecule has 3 N–H and O–H groups in total. The lowest BCUT2D eigenvalue weighted by Crippen LogP contribution is -2.28. The maximum Gasteiger partial charge on any atom is 0.320 e. The molecule has 0 saturated carbocycles. The minimum atomic E-state index is -0.349. The number of carbonyl (C=O) groups excluding carboxylic acids is 1. The Morgan fingerprint density at radius 1 is 1.29 bits per heavy atom. The maximum atomic E-state index is 12.6. The van der Waals surface area contributed by atoms with Crippen molar-refractivity contribution in [2.75, 3.05) is 5.32 Å². The molecule has 1 aromatic carbocycles. The average molecular weight is 234 g/mol. The Labute approximate surface area is 97.0 Å². The number of urea groups is 1. The summed E-state index contributed by atoms with van der Waals surface area (Å²) in [6.07, 6.45) is 1.54. The Bertz CT molecular complexity index is 481. The van der Waals surface area contributed by atoms with Gasteiger partial charge in [-0.25, -0.2) is 9.18 Å². The number of amides is 2. The normalized spacial score (nSPS) is 9.94. The summed E-state index contributed by atoms with van der Waals surface area (Å²) in [5.74, 6) is 0.220. The molecule has 0 spiro atoms. The molecule has 2 aromatic rings. The lowest BCUT2D eigenvalue weighted by atomic mass is 10.2. The van der Waals surface area contributed by atoms with Crippen molar-refractivity contribution in [2.24, 2.45) is 0 Å². The highest BCUT2D eigenvalue weighted by atomic mass is 19.1. The molecule has 0 saturated heterocycles. The predicted molar refractivity (Wildman–Crippen MR) is 60.8 cm³/mol. The number of H-pyrrole nitrogens is 1. The van der Waals surface area contributed by atoms with Gasteiger partial charge >= 0.3 is 6.03 Å². The summed E-state index contributed by atoms with van der Waals surface area (Å²) in [5, 5.41) is 11.5. The first-order valence-corrected chi connectivity index (χ1v) is 5.03. The van der Waals surface area contributed by atoms with Gasteiger partial charge in [0.25, 0.3) is 0 Å². The first-order valence-electron chi connectivity index (χ1n) is 5.03. The average Bonchev–Trinajstić information content (AvgIpc) is 2.81. The summed E-state index contributed by atoms with van der Waals surface area (Å²) in [6, 6.07) is 7.22. The first kappa shape index (κ1) is 11.1. The van der Waals surface area contributed by atoms with E-state index in [2.05, 4.69) is 20.8 Å². The minimum Gasteiger partial charge on any atom is -0.334 e. The quantitative estimate of drug-likeness (QED) is 0.758. The van der Waals surface area contributed by atoms with Crippen molar-refractivity contribution < 1.29 is 9.18 Å². The third kappa shape index (κ3) is 3.30. The van der Waals surface area contributed by atoms with Gasteiger partial charge in [0, 0.05) is 12.6 Å². The molecule has 0 aliphatic carbocycles. The van der Waals surface area contributed by atoms with Gasteiger partial charge in [-0.05, 0) is 17.7 Å². The summed E-state index contributed by atoms with van der Waals surface area (Å²) >= 11 is 0. The second kappa shape index (κ2) is 5.11. The fourth-order valence-electron chi connectivity index (χ4n) is 1.28. The Balaban J connectivity index is 1.82. The van der Waals surface area contributed by atoms with Crippen molar-refractivity contribution in [2.45, 2.75) is 6.54 Å². The van der Waals surface area contributed by atoms with Gasteiger partial charge in [-0.3, -0.25) is 10.4 Å². The van der Waals surface area contributed by atoms with Gasteiger partial charge in [-0.2, -0.15) is 5.10 Å². The van der Waals surface area contributed by atoms with Crippen LogP contribution < -0.4 is 10.6 Å². The minimum absolute atomic E-state index is 0.296. The van der Waals surface area contributed by atoms with Crippen LogP contribution in [0.2, 0.25) is 0 Å². The van der Waals surface area contributed by atoms with Gasteiger partial charge in [-0.15, -0.1) is 0 Å². The van der Waals surface area contributed by atoms with Crippen LogP contribution in [0.25, 0.3) is 0 Å². The number of nitrogens with one attached hydrogen (secondary N) is 3. The van der Waals surface area contributed by atoms with Crippen LogP contribution in [0.4, 0.5) is 15.0 Å². The van der Waals surface area contributed by atoms with Gasteiger partial charge in [0.2, 0.25) is 0 Å². The molecule has 88 valence electrons. The molecule has 5 nitrogen and oxygen atoms in total. The SMILES string of the molecule is O=C(NCc1ccc(F)cc1)Nc1ccn[nH]1. The van der Waals surface area contributed by atoms with Crippen LogP contribution in [-0.4, -0.2) is 16.2 Å². The van der Waals surface area contributed by atoms with Crippen LogP contribution in [0.3, 0.4) is 0 Å². The number of hydrogen-bond donors (Lipinski definition) is 3. The van der Waals surface area contributed by atoms with Gasteiger partial charge in [-0.1, -0.05) is 12.1 Å². The monoisotopic (exact) mass is 234 g/mol. The summed E-state index contributed by atoms with van der Waals surface area (Å²) in [6.45, 7) is 0.334. The number of benzene rings is 1. The summed E-state index contributed by atoms with van der Waals surface area (Å²) in [5.41, 5.74) is 0.825. The predicted octanol–water partition coefficient (Wildman–Crippen LogP) is 1.87. The molecule has 6 heteroatoms. The van der Waals surface area contributed by atoms with E-state index in [1.807, 2.05) is 0 Å². The largest absolute Gasteiger partial charge is 0.334 e. The second-order valence-electron chi connectivity index (χ2n) is 3.40. The molecule has 0 aliphatic heterocycles. The van der Waals surface area contributed by atoms with E-state index in [9.17, 15) is 9.18 Å². The van der Waals surface area contributed by atoms with Gasteiger partial charge in [0.1, 0.15) is 11.6 Å². The molecule has 0 bridgehead atoms. The fourth-order valence-corrected chi connectivity index (χ4v) is 1.28. The summed E-state index contributed by atoms with van der Waals surface area (Å²) in [7, 11) is 0. The summed E-state index contributed by atoms with van der Waals surface area (Å²) < 4.78 is 12.6. The van der Waals surface area contributed by atoms with E-state index >= 15 is 0 Å². The molecule has 2 rings (SSSR count). The molecule has 0 unspecified atom stereocenters. The van der Waals surface area contributed by atoms with E-state index in [0.29, 0.717) is 12.4 Å². The number of aromatic amines is 1. The molecule has 0 fully saturated rings. The van der Waals surface area contributed by atoms with E-state index in [4.69, 9.17) is 0 Å². The number of aromatic nitrogens is 2. The zero-order chi connectivity index (χ0) is 12.1. The van der Waals surface area contributed by atoms with Crippen molar-refractivity contribution in [1.29, 1.82) is 0 Å². The highest BCUT2D eigenvalue weighted by Gasteiger charge is 2.02. The number of carbonyl (C=O) groups is 1. The van der Waals surface area contributed by atoms with Crippen molar-refractivity contribution >= 4 is 11.8 Å². The van der Waals surface area contributed by atoms with E-state index in [0.717, 1.165) is 5.56 Å². The van der Waals surface area contributed by atoms with Crippen LogP contribution in [0, 0.1) is 5.82 Å². The molecule has 1 heterocycles. The molecule has 0 radical (unpaired) electrons. The zero-order valence-corrected chi connectivity index (χ0v) is 8.90. The van der Waals surface area contributed by atoms with E-state index in [1.54, 1.807) is 18.2 Å². The molecular formula is C11H11FN4O. The van der Waals surface area contributed by atoms with Gasteiger partial charge in [0.05, 0.1) is 6.20 Å². The van der Waals surface area contributed by atoms with Gasteiger partial charge < -0.3 is 5.32 Å². The van der Waals surface area contributed by atoms with Crippen LogP contribution in [0.5, 0.6) is 0 Å². The van der Waals surface area contributed by atoms with Crippen molar-refractivity contribution in [3.63, 3.8) is 0 Å². The molecule has 1 aromatic heterocycles. The molecule has 0 atom stereocenters. The zero-order valence-electron chi connectivity index (χ0n) is 8.90. The van der Waals surface area contributed by atoms with E-state index in [-0.39, 0.29) is 11.8 Å². The van der Waals surface area contributed by atoms with Crippen LogP contribution in [-0.2, 0) is 6.54 Å². The topological polar surface area (TPSA) is 69.8 Å². The Hall–Kier alpha value is -2.37. The number of rotatable bonds is 3. The number of anilines is 1. The Morgan fingerprint density at radius 3 is 2.71 bits per heavy atom. The maximum absolute atomic E-state index is 12.6. The van der Waals surface area contributed by atoms with Crippen LogP contribution in [0.1, 0.15) is 5.56 Å². The van der Waals surface area contributed by atoms with Crippen molar-refractivity contribution in [3.05, 3.63) is 47.9 Å². The third-order valence-electron chi connectivity index (χ3n) is 2.12. The van der Waals surface area contributed by atoms with E-state index in [1.165, 1.54) is 18.3 Å². The fraction of sp³-hybridized carbons (Fsp3) is 0.0909. The third-order valence-corrected chi connectivity index (χ3v) is 2.12. The standard InChI is InChI=1S/C11H11FN4O/c12-9-3-1-8(2-4-9)7-13-11(17)15-10-5-6-14-16-10/h1-6H,7H2,(H3,13,14,15,16,17). The molecule has 0 aliphatic rings. The number of nitrogens with zero attached hydrogens (tertiary/aromatic N) is 1. The Morgan fingerprint density at radius 2 is 2.06 bits per heavy atom. The highest BCUT2D eigenvalue weighted by Crippen LogP contribution is 2.02. The second-order valence-corrected chi connectivity index (χ2v) is 3.40. The molecule has 2 amide bonds. The first-order chi connectivity index (χ1) is 8.24. The van der Waals surface area contributed by atoms with Crippen molar-refractivity contribution in [3.8, 4) is 0 Å². The highest BCUT2D eigenvalue weighted by molar-refractivity contribution is 5.87. The lowest BCUT2D eigenvalue weighted by molar-refractivity contribution is 0.251. The lowest BCUT2D eigenvalue weighted by Gasteiger charge is -2.05. The van der Waals surface area contributed by atoms with Gasteiger partial charge in [0.15, 0.2) is 0 Å². The van der Waals surface area contributed by atoms with E-state index < -0.39 is 0 Å². The molecule has 17 heavy (non-hydrogen) atoms. The number of hydrogen-bond acceptors (Lipinski definition) is 2. The summed E-state index contributed by atoms with van der Waals surface area (Å²) in [4.78, 5) is 11.4. The molecular weight excluding hydrogens is 223 g/mol. The number of halogens is 1. The van der Waals surface area contributed by atoms with Crippen molar-refractivity contribution in [1.82, 2.24) is 15.5 Å².